The third-order valence-corrected chi connectivity index (χ3v) is 3.23. The van der Waals surface area contributed by atoms with E-state index in [-0.39, 0.29) is 5.91 Å². The largest absolute Gasteiger partial charge is 0.322 e. The van der Waals surface area contributed by atoms with E-state index >= 15 is 0 Å². The number of amides is 1. The molecular formula is C15H16N4O. The molecule has 2 rings (SSSR count). The topological polar surface area (TPSA) is 70.7 Å². The van der Waals surface area contributed by atoms with Gasteiger partial charge in [0.2, 0.25) is 0 Å². The third-order valence-electron chi connectivity index (χ3n) is 3.23. The van der Waals surface area contributed by atoms with Crippen LogP contribution in [0.25, 0.3) is 0 Å². The van der Waals surface area contributed by atoms with E-state index in [4.69, 9.17) is 5.26 Å². The van der Waals surface area contributed by atoms with Crippen molar-refractivity contribution in [3.63, 3.8) is 0 Å². The second-order valence-corrected chi connectivity index (χ2v) is 4.66. The molecule has 0 fully saturated rings. The van der Waals surface area contributed by atoms with E-state index in [9.17, 15) is 4.79 Å². The molecule has 1 N–H and O–H groups in total. The average molecular weight is 268 g/mol. The van der Waals surface area contributed by atoms with Gasteiger partial charge in [0.05, 0.1) is 23.7 Å². The van der Waals surface area contributed by atoms with E-state index in [0.717, 1.165) is 11.3 Å². The highest BCUT2D eigenvalue weighted by Gasteiger charge is 2.17. The van der Waals surface area contributed by atoms with E-state index in [0.29, 0.717) is 23.4 Å². The molecule has 0 saturated carbocycles. The first kappa shape index (κ1) is 13.8. The molecule has 1 aromatic heterocycles. The van der Waals surface area contributed by atoms with Gasteiger partial charge in [-0.05, 0) is 31.5 Å². The first-order valence-electron chi connectivity index (χ1n) is 6.30. The van der Waals surface area contributed by atoms with Crippen LogP contribution in [0, 0.1) is 25.2 Å². The highest BCUT2D eigenvalue weighted by molar-refractivity contribution is 6.05. The maximum absolute atomic E-state index is 12.3. The Balaban J connectivity index is 2.17. The minimum Gasteiger partial charge on any atom is -0.322 e. The summed E-state index contributed by atoms with van der Waals surface area (Å²) in [6.45, 7) is 3.68. The van der Waals surface area contributed by atoms with Gasteiger partial charge in [0, 0.05) is 18.4 Å². The second-order valence-electron chi connectivity index (χ2n) is 4.66. The smallest absolute Gasteiger partial charge is 0.259 e. The maximum atomic E-state index is 12.3. The van der Waals surface area contributed by atoms with Crippen molar-refractivity contribution in [2.24, 2.45) is 7.05 Å². The lowest BCUT2D eigenvalue weighted by Crippen LogP contribution is -2.14. The normalized spacial score (nSPS) is 10.1. The number of carbonyl (C=O) groups is 1. The Morgan fingerprint density at radius 1 is 1.35 bits per heavy atom. The molecule has 0 aliphatic heterocycles. The lowest BCUT2D eigenvalue weighted by atomic mass is 10.1. The number of carbonyl (C=O) groups excluding carboxylic acids is 1. The van der Waals surface area contributed by atoms with Crippen molar-refractivity contribution in [3.8, 4) is 6.07 Å². The summed E-state index contributed by atoms with van der Waals surface area (Å²) >= 11 is 0. The zero-order chi connectivity index (χ0) is 14.7. The summed E-state index contributed by atoms with van der Waals surface area (Å²) in [5.74, 6) is -0.166. The van der Waals surface area contributed by atoms with Crippen molar-refractivity contribution in [2.45, 2.75) is 20.3 Å². The molecule has 5 nitrogen and oxygen atoms in total. The molecule has 0 atom stereocenters. The minimum atomic E-state index is -0.166. The van der Waals surface area contributed by atoms with E-state index in [1.807, 2.05) is 33.0 Å². The number of nitriles is 1. The highest BCUT2D eigenvalue weighted by atomic mass is 16.1. The minimum absolute atomic E-state index is 0.166. The Labute approximate surface area is 117 Å². The zero-order valence-corrected chi connectivity index (χ0v) is 11.8. The Kier molecular flexibility index (Phi) is 3.85. The van der Waals surface area contributed by atoms with Crippen molar-refractivity contribution >= 4 is 11.6 Å². The first-order valence-corrected chi connectivity index (χ1v) is 6.30. The molecule has 0 radical (unpaired) electrons. The van der Waals surface area contributed by atoms with Crippen molar-refractivity contribution < 1.29 is 4.79 Å². The fourth-order valence-corrected chi connectivity index (χ4v) is 2.09. The van der Waals surface area contributed by atoms with Crippen LogP contribution in [0.15, 0.2) is 24.3 Å². The zero-order valence-electron chi connectivity index (χ0n) is 11.8. The Morgan fingerprint density at radius 3 is 2.50 bits per heavy atom. The average Bonchev–Trinajstić information content (AvgIpc) is 2.66. The molecule has 5 heteroatoms. The lowest BCUT2D eigenvalue weighted by Gasteiger charge is -2.06. The molecule has 0 spiro atoms. The number of anilines is 1. The number of benzene rings is 1. The van der Waals surface area contributed by atoms with Crippen molar-refractivity contribution in [1.82, 2.24) is 9.78 Å². The summed E-state index contributed by atoms with van der Waals surface area (Å²) in [6, 6.07) is 9.35. The molecule has 0 aliphatic carbocycles. The SMILES string of the molecule is Cc1nn(C)c(C)c1C(=O)Nc1ccc(CC#N)cc1. The van der Waals surface area contributed by atoms with Gasteiger partial charge in [-0.15, -0.1) is 0 Å². The number of nitrogens with one attached hydrogen (secondary N) is 1. The summed E-state index contributed by atoms with van der Waals surface area (Å²) < 4.78 is 1.69. The monoisotopic (exact) mass is 268 g/mol. The maximum Gasteiger partial charge on any atom is 0.259 e. The van der Waals surface area contributed by atoms with Crippen LogP contribution >= 0.6 is 0 Å². The van der Waals surface area contributed by atoms with E-state index in [1.165, 1.54) is 0 Å². The Bertz CT molecular complexity index is 677. The van der Waals surface area contributed by atoms with Gasteiger partial charge in [0.1, 0.15) is 0 Å². The standard InChI is InChI=1S/C15H16N4O/c1-10-14(11(2)19(3)18-10)15(20)17-13-6-4-12(5-7-13)8-9-16/h4-7H,8H2,1-3H3,(H,17,20). The van der Waals surface area contributed by atoms with Gasteiger partial charge in [-0.1, -0.05) is 12.1 Å². The molecule has 0 unspecified atom stereocenters. The summed E-state index contributed by atoms with van der Waals surface area (Å²) in [5.41, 5.74) is 3.79. The van der Waals surface area contributed by atoms with Gasteiger partial charge < -0.3 is 5.32 Å². The van der Waals surface area contributed by atoms with Gasteiger partial charge in [0.25, 0.3) is 5.91 Å². The summed E-state index contributed by atoms with van der Waals surface area (Å²) in [5, 5.41) is 15.7. The molecule has 1 heterocycles. The fraction of sp³-hybridized carbons (Fsp3) is 0.267. The summed E-state index contributed by atoms with van der Waals surface area (Å²) in [4.78, 5) is 12.3. The first-order chi connectivity index (χ1) is 9.52. The van der Waals surface area contributed by atoms with Crippen molar-refractivity contribution in [1.29, 1.82) is 5.26 Å². The van der Waals surface area contributed by atoms with Gasteiger partial charge in [-0.2, -0.15) is 10.4 Å². The Hall–Kier alpha value is -2.61. The molecule has 2 aromatic rings. The van der Waals surface area contributed by atoms with Crippen LogP contribution in [0.3, 0.4) is 0 Å². The summed E-state index contributed by atoms with van der Waals surface area (Å²) in [6.07, 6.45) is 0.370. The Morgan fingerprint density at radius 2 is 2.00 bits per heavy atom. The van der Waals surface area contributed by atoms with Crippen molar-refractivity contribution in [3.05, 3.63) is 46.8 Å². The molecule has 1 amide bonds. The van der Waals surface area contributed by atoms with Crippen LogP contribution in [-0.4, -0.2) is 15.7 Å². The van der Waals surface area contributed by atoms with Crippen LogP contribution in [0.2, 0.25) is 0 Å². The number of aromatic nitrogens is 2. The fourth-order valence-electron chi connectivity index (χ4n) is 2.09. The summed E-state index contributed by atoms with van der Waals surface area (Å²) in [7, 11) is 1.82. The molecule has 0 bridgehead atoms. The molecule has 0 aliphatic rings. The van der Waals surface area contributed by atoms with Crippen LogP contribution in [-0.2, 0) is 13.5 Å². The number of nitrogens with zero attached hydrogens (tertiary/aromatic N) is 3. The predicted molar refractivity (Wildman–Crippen MR) is 76.4 cm³/mol. The number of aryl methyl sites for hydroxylation is 2. The van der Waals surface area contributed by atoms with E-state index in [1.54, 1.807) is 16.8 Å². The second kappa shape index (κ2) is 5.57. The number of hydrogen-bond donors (Lipinski definition) is 1. The van der Waals surface area contributed by atoms with Gasteiger partial charge in [0.15, 0.2) is 0 Å². The number of rotatable bonds is 3. The number of hydrogen-bond acceptors (Lipinski definition) is 3. The molecule has 0 saturated heterocycles. The third kappa shape index (κ3) is 2.69. The molecule has 20 heavy (non-hydrogen) atoms. The molecule has 1 aromatic carbocycles. The van der Waals surface area contributed by atoms with Gasteiger partial charge in [-0.3, -0.25) is 9.48 Å². The van der Waals surface area contributed by atoms with Crippen molar-refractivity contribution in [2.75, 3.05) is 5.32 Å². The lowest BCUT2D eigenvalue weighted by molar-refractivity contribution is 0.102. The van der Waals surface area contributed by atoms with Crippen LogP contribution in [0.1, 0.15) is 27.3 Å². The predicted octanol–water partition coefficient (Wildman–Crippen LogP) is 2.36. The van der Waals surface area contributed by atoms with Gasteiger partial charge >= 0.3 is 0 Å². The molecule has 102 valence electrons. The van der Waals surface area contributed by atoms with E-state index < -0.39 is 0 Å². The highest BCUT2D eigenvalue weighted by Crippen LogP contribution is 2.16. The van der Waals surface area contributed by atoms with Crippen LogP contribution in [0.4, 0.5) is 5.69 Å². The quantitative estimate of drug-likeness (QED) is 0.928. The van der Waals surface area contributed by atoms with Gasteiger partial charge in [-0.25, -0.2) is 0 Å². The van der Waals surface area contributed by atoms with Crippen LogP contribution in [0.5, 0.6) is 0 Å². The molecular weight excluding hydrogens is 252 g/mol. The van der Waals surface area contributed by atoms with E-state index in [2.05, 4.69) is 16.5 Å². The van der Waals surface area contributed by atoms with Crippen LogP contribution < -0.4 is 5.32 Å².